The molecule has 2 aromatic heterocycles. The lowest BCUT2D eigenvalue weighted by Crippen LogP contribution is -2.36. The Hall–Kier alpha value is -3.42. The lowest BCUT2D eigenvalue weighted by molar-refractivity contribution is -0.132. The molecule has 0 fully saturated rings. The molecule has 0 radical (unpaired) electrons. The van der Waals surface area contributed by atoms with Gasteiger partial charge in [-0.1, -0.05) is 24.3 Å². The first-order valence-electron chi connectivity index (χ1n) is 10.6. The molecule has 4 rings (SSSR count). The van der Waals surface area contributed by atoms with Crippen LogP contribution >= 0.6 is 0 Å². The Kier molecular flexibility index (Phi) is 5.88. The smallest absolute Gasteiger partial charge is 0.269 e. The highest BCUT2D eigenvalue weighted by molar-refractivity contribution is 5.93. The molecule has 0 spiro atoms. The monoisotopic (exact) mass is 420 g/mol. The lowest BCUT2D eigenvalue weighted by Gasteiger charge is -2.29. The number of aryl methyl sites for hydroxylation is 2. The highest BCUT2D eigenvalue weighted by Crippen LogP contribution is 2.25. The predicted molar refractivity (Wildman–Crippen MR) is 117 cm³/mol. The summed E-state index contributed by atoms with van der Waals surface area (Å²) in [7, 11) is 1.88. The Morgan fingerprint density at radius 2 is 1.97 bits per heavy atom. The molecule has 0 bridgehead atoms. The molecule has 2 amide bonds. The van der Waals surface area contributed by atoms with Crippen molar-refractivity contribution in [2.75, 3.05) is 13.1 Å². The molecule has 1 aliphatic heterocycles. The van der Waals surface area contributed by atoms with Crippen LogP contribution in [0.1, 0.15) is 45.8 Å². The molecular formula is C23H28N6O2. The first-order valence-corrected chi connectivity index (χ1v) is 10.6. The van der Waals surface area contributed by atoms with E-state index in [1.165, 1.54) is 11.1 Å². The molecule has 3 aromatic rings. The zero-order valence-corrected chi connectivity index (χ0v) is 18.2. The fourth-order valence-electron chi connectivity index (χ4n) is 4.11. The van der Waals surface area contributed by atoms with E-state index < -0.39 is 0 Å². The van der Waals surface area contributed by atoms with Gasteiger partial charge in [-0.2, -0.15) is 10.2 Å². The maximum absolute atomic E-state index is 12.5. The minimum Gasteiger partial charge on any atom is -0.351 e. The van der Waals surface area contributed by atoms with Gasteiger partial charge in [0.2, 0.25) is 5.91 Å². The van der Waals surface area contributed by atoms with Gasteiger partial charge in [0.15, 0.2) is 0 Å². The normalized spacial score (nSPS) is 13.2. The van der Waals surface area contributed by atoms with Crippen LogP contribution in [0.25, 0.3) is 11.3 Å². The second-order valence-corrected chi connectivity index (χ2v) is 8.03. The third-order valence-electron chi connectivity index (χ3n) is 5.92. The Labute approximate surface area is 181 Å². The molecule has 0 atom stereocenters. The third kappa shape index (κ3) is 4.38. The molecule has 3 heterocycles. The van der Waals surface area contributed by atoms with Gasteiger partial charge in [-0.15, -0.1) is 0 Å². The van der Waals surface area contributed by atoms with Crippen LogP contribution in [0.2, 0.25) is 0 Å². The van der Waals surface area contributed by atoms with E-state index >= 15 is 0 Å². The Balaban J connectivity index is 1.26. The molecule has 2 N–H and O–H groups in total. The molecule has 31 heavy (non-hydrogen) atoms. The van der Waals surface area contributed by atoms with Gasteiger partial charge >= 0.3 is 0 Å². The minimum absolute atomic E-state index is 0.134. The van der Waals surface area contributed by atoms with Crippen LogP contribution < -0.4 is 5.32 Å². The number of rotatable bonds is 6. The number of carbonyl (C=O) groups is 2. The summed E-state index contributed by atoms with van der Waals surface area (Å²) >= 11 is 0. The van der Waals surface area contributed by atoms with Crippen molar-refractivity contribution in [3.63, 3.8) is 0 Å². The summed E-state index contributed by atoms with van der Waals surface area (Å²) in [4.78, 5) is 26.9. The minimum atomic E-state index is -0.225. The zero-order chi connectivity index (χ0) is 22.0. The Bertz CT molecular complexity index is 1110. The number of nitrogens with zero attached hydrogens (tertiary/aromatic N) is 4. The second-order valence-electron chi connectivity index (χ2n) is 8.03. The Morgan fingerprint density at radius 3 is 2.71 bits per heavy atom. The fraction of sp³-hybridized carbons (Fsp3) is 0.391. The van der Waals surface area contributed by atoms with Crippen molar-refractivity contribution in [2.24, 2.45) is 7.05 Å². The number of hydrogen-bond acceptors (Lipinski definition) is 4. The van der Waals surface area contributed by atoms with E-state index in [0.717, 1.165) is 29.9 Å². The average Bonchev–Trinajstić information content (AvgIpc) is 3.34. The van der Waals surface area contributed by atoms with Gasteiger partial charge in [0.05, 0.1) is 11.4 Å². The number of aromatic amines is 1. The van der Waals surface area contributed by atoms with Crippen LogP contribution in [0.4, 0.5) is 0 Å². The number of nitrogens with one attached hydrogen (secondary N) is 2. The standard InChI is InChI=1S/C23H28N6O2/c1-15-22(16(2)28(3)27-15)19-13-20(26-25-19)23(31)24-11-6-9-21(30)29-12-10-17-7-4-5-8-18(17)14-29/h4-5,7-8,13H,6,9-12,14H2,1-3H3,(H,24,31)(H,25,26). The summed E-state index contributed by atoms with van der Waals surface area (Å²) in [5.41, 5.74) is 6.46. The van der Waals surface area contributed by atoms with Crippen LogP contribution in [0.15, 0.2) is 30.3 Å². The molecule has 1 aromatic carbocycles. The lowest BCUT2D eigenvalue weighted by atomic mass is 9.99. The van der Waals surface area contributed by atoms with Crippen LogP contribution in [-0.2, 0) is 24.8 Å². The third-order valence-corrected chi connectivity index (χ3v) is 5.92. The first kappa shape index (κ1) is 20.8. The average molecular weight is 421 g/mol. The molecule has 0 aliphatic carbocycles. The summed E-state index contributed by atoms with van der Waals surface area (Å²) in [5, 5.41) is 14.3. The van der Waals surface area contributed by atoms with E-state index in [0.29, 0.717) is 37.3 Å². The van der Waals surface area contributed by atoms with Crippen LogP contribution in [0.3, 0.4) is 0 Å². The number of benzene rings is 1. The maximum Gasteiger partial charge on any atom is 0.269 e. The summed E-state index contributed by atoms with van der Waals surface area (Å²) < 4.78 is 1.80. The maximum atomic E-state index is 12.5. The molecule has 0 unspecified atom stereocenters. The van der Waals surface area contributed by atoms with Gasteiger partial charge < -0.3 is 10.2 Å². The van der Waals surface area contributed by atoms with E-state index in [9.17, 15) is 9.59 Å². The number of amides is 2. The number of hydrogen-bond donors (Lipinski definition) is 2. The van der Waals surface area contributed by atoms with Gasteiger partial charge in [0.25, 0.3) is 5.91 Å². The van der Waals surface area contributed by atoms with E-state index in [1.807, 2.05) is 37.9 Å². The van der Waals surface area contributed by atoms with Gasteiger partial charge in [-0.05, 0) is 43.9 Å². The number of aromatic nitrogens is 4. The molecule has 1 aliphatic rings. The molecule has 0 saturated heterocycles. The number of H-pyrrole nitrogens is 1. The highest BCUT2D eigenvalue weighted by atomic mass is 16.2. The predicted octanol–water partition coefficient (Wildman–Crippen LogP) is 2.52. The molecule has 162 valence electrons. The quantitative estimate of drug-likeness (QED) is 0.599. The highest BCUT2D eigenvalue weighted by Gasteiger charge is 2.20. The van der Waals surface area contributed by atoms with E-state index in [-0.39, 0.29) is 11.8 Å². The summed E-state index contributed by atoms with van der Waals surface area (Å²) in [5.74, 6) is -0.0904. The summed E-state index contributed by atoms with van der Waals surface area (Å²) in [6.45, 7) is 5.77. The molecular weight excluding hydrogens is 392 g/mol. The van der Waals surface area contributed by atoms with Gasteiger partial charge in [0, 0.05) is 44.4 Å². The SMILES string of the molecule is Cc1nn(C)c(C)c1-c1cc(C(=O)NCCCC(=O)N2CCc3ccccc3C2)[nH]n1. The van der Waals surface area contributed by atoms with E-state index in [2.05, 4.69) is 32.7 Å². The van der Waals surface area contributed by atoms with Crippen molar-refractivity contribution < 1.29 is 9.59 Å². The number of carbonyl (C=O) groups excluding carboxylic acids is 2. The van der Waals surface area contributed by atoms with Crippen molar-refractivity contribution >= 4 is 11.8 Å². The second kappa shape index (κ2) is 8.75. The fourth-order valence-corrected chi connectivity index (χ4v) is 4.11. The van der Waals surface area contributed by atoms with Crippen molar-refractivity contribution in [2.45, 2.75) is 39.7 Å². The topological polar surface area (TPSA) is 95.9 Å². The Morgan fingerprint density at radius 1 is 1.19 bits per heavy atom. The van der Waals surface area contributed by atoms with Gasteiger partial charge in [0.1, 0.15) is 5.69 Å². The van der Waals surface area contributed by atoms with Crippen LogP contribution in [-0.4, -0.2) is 49.8 Å². The van der Waals surface area contributed by atoms with Gasteiger partial charge in [-0.25, -0.2) is 0 Å². The van der Waals surface area contributed by atoms with Crippen molar-refractivity contribution in [3.8, 4) is 11.3 Å². The van der Waals surface area contributed by atoms with E-state index in [4.69, 9.17) is 0 Å². The molecule has 0 saturated carbocycles. The van der Waals surface area contributed by atoms with Crippen molar-refractivity contribution in [1.82, 2.24) is 30.2 Å². The first-order chi connectivity index (χ1) is 14.9. The largest absolute Gasteiger partial charge is 0.351 e. The van der Waals surface area contributed by atoms with Crippen molar-refractivity contribution in [3.05, 3.63) is 58.5 Å². The van der Waals surface area contributed by atoms with Gasteiger partial charge in [-0.3, -0.25) is 19.4 Å². The molecule has 8 nitrogen and oxygen atoms in total. The summed E-state index contributed by atoms with van der Waals surface area (Å²) in [6.07, 6.45) is 1.92. The number of fused-ring (bicyclic) bond motifs is 1. The summed E-state index contributed by atoms with van der Waals surface area (Å²) in [6, 6.07) is 10.0. The van der Waals surface area contributed by atoms with Crippen LogP contribution in [0.5, 0.6) is 0 Å². The van der Waals surface area contributed by atoms with Crippen LogP contribution in [0, 0.1) is 13.8 Å². The molecule has 8 heteroatoms. The van der Waals surface area contributed by atoms with E-state index in [1.54, 1.807) is 10.7 Å². The zero-order valence-electron chi connectivity index (χ0n) is 18.2. The van der Waals surface area contributed by atoms with Crippen molar-refractivity contribution in [1.29, 1.82) is 0 Å².